The summed E-state index contributed by atoms with van der Waals surface area (Å²) >= 11 is 0. The maximum absolute atomic E-state index is 12.7. The van der Waals surface area contributed by atoms with Gasteiger partial charge in [-0.3, -0.25) is 19.8 Å². The zero-order chi connectivity index (χ0) is 19.0. The van der Waals surface area contributed by atoms with Gasteiger partial charge in [-0.15, -0.1) is 0 Å². The van der Waals surface area contributed by atoms with E-state index in [2.05, 4.69) is 10.2 Å². The molecule has 9 heteroatoms. The van der Waals surface area contributed by atoms with Gasteiger partial charge in [0.2, 0.25) is 11.8 Å². The Morgan fingerprint density at radius 3 is 1.81 bits per heavy atom. The van der Waals surface area contributed by atoms with E-state index in [1.54, 1.807) is 8.61 Å². The fourth-order valence-electron chi connectivity index (χ4n) is 5.20. The van der Waals surface area contributed by atoms with Crippen molar-refractivity contribution in [3.05, 3.63) is 0 Å². The number of nitrogens with zero attached hydrogens (tertiary/aromatic N) is 3. The highest BCUT2D eigenvalue weighted by Crippen LogP contribution is 2.34. The molecule has 0 aromatic heterocycles. The molecular formula is C18H30N4O4S. The monoisotopic (exact) mass is 398 g/mol. The zero-order valence-corrected chi connectivity index (χ0v) is 16.6. The van der Waals surface area contributed by atoms with Gasteiger partial charge in [0.25, 0.3) is 10.2 Å². The van der Waals surface area contributed by atoms with E-state index in [0.29, 0.717) is 38.0 Å². The first kappa shape index (κ1) is 19.3. The van der Waals surface area contributed by atoms with Gasteiger partial charge in [-0.2, -0.15) is 17.0 Å². The minimum atomic E-state index is -3.27. The maximum Gasteiger partial charge on any atom is 0.281 e. The van der Waals surface area contributed by atoms with Crippen molar-refractivity contribution < 1.29 is 18.0 Å². The van der Waals surface area contributed by atoms with Crippen LogP contribution in [0.15, 0.2) is 0 Å². The molecule has 0 aromatic rings. The van der Waals surface area contributed by atoms with E-state index in [9.17, 15) is 18.0 Å². The summed E-state index contributed by atoms with van der Waals surface area (Å²) < 4.78 is 28.7. The molecule has 4 saturated heterocycles. The molecule has 0 unspecified atom stereocenters. The smallest absolute Gasteiger partial charge is 0.281 e. The lowest BCUT2D eigenvalue weighted by Crippen LogP contribution is -2.49. The number of hydrogen-bond donors (Lipinski definition) is 1. The van der Waals surface area contributed by atoms with Gasteiger partial charge in [0.15, 0.2) is 0 Å². The normalized spacial score (nSPS) is 30.9. The Bertz CT molecular complexity index is 675. The number of piperidine rings is 2. The molecule has 0 spiro atoms. The topological polar surface area (TPSA) is 90.0 Å². The molecule has 152 valence electrons. The fraction of sp³-hybridized carbons (Fsp3) is 0.889. The first-order valence-electron chi connectivity index (χ1n) is 10.3. The van der Waals surface area contributed by atoms with Crippen LogP contribution in [0, 0.1) is 11.8 Å². The van der Waals surface area contributed by atoms with Crippen LogP contribution in [0.5, 0.6) is 0 Å². The predicted octanol–water partition coefficient (Wildman–Crippen LogP) is 0.166. The molecule has 0 saturated carbocycles. The quantitative estimate of drug-likeness (QED) is 0.682. The summed E-state index contributed by atoms with van der Waals surface area (Å²) in [6.45, 7) is 4.28. The van der Waals surface area contributed by atoms with Crippen molar-refractivity contribution in [3.63, 3.8) is 0 Å². The minimum absolute atomic E-state index is 0.154. The van der Waals surface area contributed by atoms with Crippen molar-refractivity contribution in [1.82, 2.24) is 18.8 Å². The largest absolute Gasteiger partial charge is 0.295 e. The zero-order valence-electron chi connectivity index (χ0n) is 15.8. The molecule has 0 aliphatic carbocycles. The Balaban J connectivity index is 1.26. The second-order valence-corrected chi connectivity index (χ2v) is 10.3. The molecule has 4 aliphatic rings. The van der Waals surface area contributed by atoms with Gasteiger partial charge in [-0.05, 0) is 63.5 Å². The van der Waals surface area contributed by atoms with Crippen LogP contribution in [0.2, 0.25) is 0 Å². The van der Waals surface area contributed by atoms with Crippen LogP contribution < -0.4 is 5.32 Å². The van der Waals surface area contributed by atoms with Crippen LogP contribution in [0.3, 0.4) is 0 Å². The van der Waals surface area contributed by atoms with Crippen LogP contribution in [0.25, 0.3) is 0 Å². The molecule has 4 fully saturated rings. The van der Waals surface area contributed by atoms with E-state index in [1.165, 1.54) is 0 Å². The Kier molecular flexibility index (Phi) is 5.55. The summed E-state index contributed by atoms with van der Waals surface area (Å²) in [4.78, 5) is 25.4. The summed E-state index contributed by atoms with van der Waals surface area (Å²) in [5.74, 6) is 0.840. The van der Waals surface area contributed by atoms with Crippen molar-refractivity contribution in [1.29, 1.82) is 0 Å². The van der Waals surface area contributed by atoms with Crippen LogP contribution in [0.4, 0.5) is 0 Å². The highest BCUT2D eigenvalue weighted by atomic mass is 32.2. The number of likely N-dealkylation sites (tertiary alicyclic amines) is 1. The van der Waals surface area contributed by atoms with Crippen LogP contribution in [-0.4, -0.2) is 79.1 Å². The van der Waals surface area contributed by atoms with Gasteiger partial charge in [0, 0.05) is 26.2 Å². The molecule has 8 nitrogen and oxygen atoms in total. The van der Waals surface area contributed by atoms with Crippen LogP contribution >= 0.6 is 0 Å². The summed E-state index contributed by atoms with van der Waals surface area (Å²) in [5.41, 5.74) is 0. The van der Waals surface area contributed by atoms with Gasteiger partial charge < -0.3 is 0 Å². The average Bonchev–Trinajstić information content (AvgIpc) is 3.32. The number of imide groups is 1. The lowest BCUT2D eigenvalue weighted by molar-refractivity contribution is -0.126. The van der Waals surface area contributed by atoms with E-state index < -0.39 is 10.2 Å². The molecular weight excluding hydrogens is 368 g/mol. The Hall–Kier alpha value is -1.03. The van der Waals surface area contributed by atoms with Crippen molar-refractivity contribution in [3.8, 4) is 0 Å². The van der Waals surface area contributed by atoms with Gasteiger partial charge in [-0.1, -0.05) is 0 Å². The average molecular weight is 399 g/mol. The fourth-order valence-corrected chi connectivity index (χ4v) is 6.92. The first-order valence-corrected chi connectivity index (χ1v) is 11.7. The van der Waals surface area contributed by atoms with Crippen molar-refractivity contribution in [2.24, 2.45) is 11.8 Å². The van der Waals surface area contributed by atoms with E-state index in [1.807, 2.05) is 0 Å². The molecule has 1 atom stereocenters. The third-order valence-electron chi connectivity index (χ3n) is 6.84. The van der Waals surface area contributed by atoms with Crippen LogP contribution in [0.1, 0.15) is 44.9 Å². The first-order chi connectivity index (χ1) is 12.9. The molecule has 0 aromatic carbocycles. The third kappa shape index (κ3) is 3.92. The number of carbonyl (C=O) groups excluding carboxylic acids is 2. The van der Waals surface area contributed by atoms with Gasteiger partial charge in [-0.25, -0.2) is 0 Å². The van der Waals surface area contributed by atoms with E-state index >= 15 is 0 Å². The molecule has 4 rings (SSSR count). The molecule has 2 amide bonds. The van der Waals surface area contributed by atoms with Gasteiger partial charge in [0.05, 0.1) is 12.5 Å². The lowest BCUT2D eigenvalue weighted by Gasteiger charge is -2.41. The molecule has 0 radical (unpaired) electrons. The summed E-state index contributed by atoms with van der Waals surface area (Å²) in [7, 11) is -3.27. The Labute approximate surface area is 161 Å². The van der Waals surface area contributed by atoms with Gasteiger partial charge >= 0.3 is 0 Å². The van der Waals surface area contributed by atoms with Gasteiger partial charge in [0.1, 0.15) is 0 Å². The number of rotatable bonds is 4. The number of carbonyl (C=O) groups is 2. The van der Waals surface area contributed by atoms with Crippen molar-refractivity contribution >= 4 is 22.0 Å². The number of hydrogen-bond acceptors (Lipinski definition) is 5. The molecule has 27 heavy (non-hydrogen) atoms. The number of amides is 2. The molecule has 4 aliphatic heterocycles. The Morgan fingerprint density at radius 2 is 1.30 bits per heavy atom. The second-order valence-electron chi connectivity index (χ2n) is 8.36. The van der Waals surface area contributed by atoms with Crippen LogP contribution in [-0.2, 0) is 19.8 Å². The lowest BCUT2D eigenvalue weighted by atomic mass is 9.79. The molecule has 0 bridgehead atoms. The standard InChI is InChI=1S/C18H30N4O4S/c23-17-13-16(18(24)19-17)20-9-3-14(4-10-20)15-5-11-22(12-6-15)27(25,26)21-7-1-2-8-21/h14-16H,1-13H2,(H,19,23,24)/t16-/m0/s1. The molecule has 4 heterocycles. The van der Waals surface area contributed by atoms with E-state index in [0.717, 1.165) is 51.6 Å². The van der Waals surface area contributed by atoms with Crippen molar-refractivity contribution in [2.75, 3.05) is 39.3 Å². The Morgan fingerprint density at radius 1 is 0.778 bits per heavy atom. The molecule has 1 N–H and O–H groups in total. The maximum atomic E-state index is 12.7. The summed E-state index contributed by atoms with van der Waals surface area (Å²) in [6.07, 6.45) is 6.15. The highest BCUT2D eigenvalue weighted by molar-refractivity contribution is 7.86. The summed E-state index contributed by atoms with van der Waals surface area (Å²) in [5, 5.41) is 2.39. The highest BCUT2D eigenvalue weighted by Gasteiger charge is 2.40. The summed E-state index contributed by atoms with van der Waals surface area (Å²) in [6, 6.07) is -0.286. The minimum Gasteiger partial charge on any atom is -0.295 e. The van der Waals surface area contributed by atoms with Crippen molar-refractivity contribution in [2.45, 2.75) is 51.0 Å². The second kappa shape index (κ2) is 7.77. The number of nitrogens with one attached hydrogen (secondary N) is 1. The van der Waals surface area contributed by atoms with E-state index in [4.69, 9.17) is 0 Å². The third-order valence-corrected chi connectivity index (χ3v) is 8.88. The SMILES string of the molecule is O=C1C[C@H](N2CCC(C3CCN(S(=O)(=O)N4CCCC4)CC3)CC2)C(=O)N1. The predicted molar refractivity (Wildman–Crippen MR) is 99.9 cm³/mol. The van der Waals surface area contributed by atoms with E-state index in [-0.39, 0.29) is 24.3 Å².